The lowest BCUT2D eigenvalue weighted by molar-refractivity contribution is 0.382. The first kappa shape index (κ1) is 12.8. The smallest absolute Gasteiger partial charge is 0.127 e. The van der Waals surface area contributed by atoms with Gasteiger partial charge in [0.1, 0.15) is 11.5 Å². The number of hydrogen-bond acceptors (Lipinski definition) is 4. The topological polar surface area (TPSA) is 56.5 Å². The molecule has 0 amide bonds. The highest BCUT2D eigenvalue weighted by Crippen LogP contribution is 2.27. The summed E-state index contributed by atoms with van der Waals surface area (Å²) >= 11 is 0. The van der Waals surface area contributed by atoms with Crippen LogP contribution in [0, 0.1) is 0 Å². The Labute approximate surface area is 96.7 Å². The summed E-state index contributed by atoms with van der Waals surface area (Å²) in [5.41, 5.74) is 6.48. The molecule has 0 fully saturated rings. The second kappa shape index (κ2) is 7.09. The van der Waals surface area contributed by atoms with Gasteiger partial charge in [-0.2, -0.15) is 0 Å². The zero-order chi connectivity index (χ0) is 11.8. The Morgan fingerprint density at radius 1 is 1.19 bits per heavy atom. The molecule has 0 heterocycles. The molecule has 0 aromatic heterocycles. The summed E-state index contributed by atoms with van der Waals surface area (Å²) < 4.78 is 10.6. The molecule has 0 spiro atoms. The summed E-state index contributed by atoms with van der Waals surface area (Å²) in [5, 5.41) is 3.31. The van der Waals surface area contributed by atoms with Crippen LogP contribution in [0.1, 0.15) is 12.0 Å². The first-order chi connectivity index (χ1) is 7.83. The van der Waals surface area contributed by atoms with E-state index in [1.165, 1.54) is 0 Å². The van der Waals surface area contributed by atoms with Crippen LogP contribution >= 0.6 is 0 Å². The fourth-order valence-corrected chi connectivity index (χ4v) is 1.54. The standard InChI is InChI=1S/C12H20N2O2/c1-15-11-5-3-6-12(16-2)10(11)9-14-8-4-7-13/h3,5-6,14H,4,7-9,13H2,1-2H3. The van der Waals surface area contributed by atoms with Crippen molar-refractivity contribution in [2.45, 2.75) is 13.0 Å². The quantitative estimate of drug-likeness (QED) is 0.682. The van der Waals surface area contributed by atoms with Crippen LogP contribution in [0.5, 0.6) is 11.5 Å². The van der Waals surface area contributed by atoms with Crippen LogP contribution in [0.3, 0.4) is 0 Å². The number of nitrogens with one attached hydrogen (secondary N) is 1. The minimum atomic E-state index is 0.704. The van der Waals surface area contributed by atoms with Crippen LogP contribution in [-0.2, 0) is 6.54 Å². The molecule has 0 bridgehead atoms. The second-order valence-electron chi connectivity index (χ2n) is 3.46. The zero-order valence-corrected chi connectivity index (χ0v) is 9.95. The monoisotopic (exact) mass is 224 g/mol. The lowest BCUT2D eigenvalue weighted by Crippen LogP contribution is -2.18. The molecule has 0 atom stereocenters. The Bertz CT molecular complexity index is 294. The summed E-state index contributed by atoms with van der Waals surface area (Å²) in [6.45, 7) is 2.33. The van der Waals surface area contributed by atoms with E-state index in [1.54, 1.807) is 14.2 Å². The highest BCUT2D eigenvalue weighted by Gasteiger charge is 2.08. The molecule has 16 heavy (non-hydrogen) atoms. The average molecular weight is 224 g/mol. The number of rotatable bonds is 7. The van der Waals surface area contributed by atoms with E-state index in [-0.39, 0.29) is 0 Å². The maximum Gasteiger partial charge on any atom is 0.127 e. The number of benzene rings is 1. The van der Waals surface area contributed by atoms with Gasteiger partial charge in [-0.3, -0.25) is 0 Å². The van der Waals surface area contributed by atoms with Crippen molar-refractivity contribution in [3.8, 4) is 11.5 Å². The molecule has 3 N–H and O–H groups in total. The normalized spacial score (nSPS) is 10.2. The van der Waals surface area contributed by atoms with E-state index in [0.29, 0.717) is 6.54 Å². The third kappa shape index (κ3) is 3.40. The third-order valence-electron chi connectivity index (χ3n) is 2.39. The minimum absolute atomic E-state index is 0.704. The fraction of sp³-hybridized carbons (Fsp3) is 0.500. The Morgan fingerprint density at radius 3 is 2.31 bits per heavy atom. The summed E-state index contributed by atoms with van der Waals surface area (Å²) in [6.07, 6.45) is 0.970. The van der Waals surface area contributed by atoms with Gasteiger partial charge in [-0.05, 0) is 31.6 Å². The lowest BCUT2D eigenvalue weighted by Gasteiger charge is -2.13. The Kier molecular flexibility index (Phi) is 5.67. The van der Waals surface area contributed by atoms with Gasteiger partial charge >= 0.3 is 0 Å². The van der Waals surface area contributed by atoms with E-state index in [1.807, 2.05) is 18.2 Å². The van der Waals surface area contributed by atoms with Gasteiger partial charge in [0.2, 0.25) is 0 Å². The molecule has 4 heteroatoms. The molecule has 4 nitrogen and oxygen atoms in total. The van der Waals surface area contributed by atoms with Crippen molar-refractivity contribution < 1.29 is 9.47 Å². The van der Waals surface area contributed by atoms with Gasteiger partial charge in [0.05, 0.1) is 14.2 Å². The second-order valence-corrected chi connectivity index (χ2v) is 3.46. The van der Waals surface area contributed by atoms with Crippen molar-refractivity contribution >= 4 is 0 Å². The summed E-state index contributed by atoms with van der Waals surface area (Å²) in [6, 6.07) is 5.78. The molecule has 1 aromatic rings. The molecular formula is C12H20N2O2. The van der Waals surface area contributed by atoms with Crippen molar-refractivity contribution in [3.05, 3.63) is 23.8 Å². The van der Waals surface area contributed by atoms with E-state index in [9.17, 15) is 0 Å². The first-order valence-corrected chi connectivity index (χ1v) is 5.44. The third-order valence-corrected chi connectivity index (χ3v) is 2.39. The maximum absolute atomic E-state index is 5.43. The average Bonchev–Trinajstić information content (AvgIpc) is 2.34. The molecule has 90 valence electrons. The molecule has 1 aromatic carbocycles. The molecule has 0 saturated carbocycles. The van der Waals surface area contributed by atoms with Crippen LogP contribution in [0.2, 0.25) is 0 Å². The number of hydrogen-bond donors (Lipinski definition) is 2. The highest BCUT2D eigenvalue weighted by atomic mass is 16.5. The van der Waals surface area contributed by atoms with E-state index < -0.39 is 0 Å². The molecule has 0 aliphatic rings. The molecule has 0 radical (unpaired) electrons. The van der Waals surface area contributed by atoms with E-state index in [0.717, 1.165) is 36.6 Å². The Hall–Kier alpha value is -1.26. The van der Waals surface area contributed by atoms with Crippen LogP contribution < -0.4 is 20.5 Å². The van der Waals surface area contributed by atoms with Gasteiger partial charge in [-0.1, -0.05) is 6.07 Å². The number of ether oxygens (including phenoxy) is 2. The molecule has 0 unspecified atom stereocenters. The molecule has 0 aliphatic heterocycles. The zero-order valence-electron chi connectivity index (χ0n) is 9.95. The predicted octanol–water partition coefficient (Wildman–Crippen LogP) is 1.14. The van der Waals surface area contributed by atoms with Crippen LogP contribution in [0.15, 0.2) is 18.2 Å². The lowest BCUT2D eigenvalue weighted by atomic mass is 10.1. The highest BCUT2D eigenvalue weighted by molar-refractivity contribution is 5.44. The summed E-state index contributed by atoms with van der Waals surface area (Å²) in [4.78, 5) is 0. The predicted molar refractivity (Wildman–Crippen MR) is 64.9 cm³/mol. The van der Waals surface area contributed by atoms with Gasteiger partial charge in [0.15, 0.2) is 0 Å². The van der Waals surface area contributed by atoms with Gasteiger partial charge in [0.25, 0.3) is 0 Å². The van der Waals surface area contributed by atoms with Crippen LogP contribution in [-0.4, -0.2) is 27.3 Å². The van der Waals surface area contributed by atoms with Gasteiger partial charge < -0.3 is 20.5 Å². The van der Waals surface area contributed by atoms with Crippen molar-refractivity contribution in [1.82, 2.24) is 5.32 Å². The van der Waals surface area contributed by atoms with Gasteiger partial charge in [-0.15, -0.1) is 0 Å². The number of methoxy groups -OCH3 is 2. The van der Waals surface area contributed by atoms with Crippen molar-refractivity contribution in [2.24, 2.45) is 5.73 Å². The van der Waals surface area contributed by atoms with Crippen molar-refractivity contribution in [1.29, 1.82) is 0 Å². The van der Waals surface area contributed by atoms with Gasteiger partial charge in [0, 0.05) is 12.1 Å². The number of nitrogens with two attached hydrogens (primary N) is 1. The van der Waals surface area contributed by atoms with E-state index in [4.69, 9.17) is 15.2 Å². The minimum Gasteiger partial charge on any atom is -0.496 e. The van der Waals surface area contributed by atoms with Crippen LogP contribution in [0.25, 0.3) is 0 Å². The molecule has 0 aliphatic carbocycles. The Balaban J connectivity index is 2.67. The molecule has 0 saturated heterocycles. The van der Waals surface area contributed by atoms with Crippen LogP contribution in [0.4, 0.5) is 0 Å². The Morgan fingerprint density at radius 2 is 1.81 bits per heavy atom. The maximum atomic E-state index is 5.43. The van der Waals surface area contributed by atoms with Gasteiger partial charge in [-0.25, -0.2) is 0 Å². The summed E-state index contributed by atoms with van der Waals surface area (Å²) in [7, 11) is 3.33. The SMILES string of the molecule is COc1cccc(OC)c1CNCCCN. The van der Waals surface area contributed by atoms with E-state index >= 15 is 0 Å². The van der Waals surface area contributed by atoms with Crippen molar-refractivity contribution in [3.63, 3.8) is 0 Å². The summed E-state index contributed by atoms with van der Waals surface area (Å²) in [5.74, 6) is 1.69. The molecular weight excluding hydrogens is 204 g/mol. The van der Waals surface area contributed by atoms with E-state index in [2.05, 4.69) is 5.32 Å². The largest absolute Gasteiger partial charge is 0.496 e. The molecule has 1 rings (SSSR count). The van der Waals surface area contributed by atoms with Crippen molar-refractivity contribution in [2.75, 3.05) is 27.3 Å². The first-order valence-electron chi connectivity index (χ1n) is 5.44. The fourth-order valence-electron chi connectivity index (χ4n) is 1.54.